The molecule has 2 atom stereocenters. The van der Waals surface area contributed by atoms with Crippen LogP contribution in [0, 0.1) is 5.82 Å². The molecule has 0 spiro atoms. The zero-order valence-corrected chi connectivity index (χ0v) is 11.4. The van der Waals surface area contributed by atoms with Gasteiger partial charge in [-0.1, -0.05) is 18.5 Å². The Morgan fingerprint density at radius 3 is 2.68 bits per heavy atom. The Morgan fingerprint density at radius 1 is 1.42 bits per heavy atom. The van der Waals surface area contributed by atoms with Crippen molar-refractivity contribution >= 4 is 29.1 Å². The maximum absolute atomic E-state index is 14.0. The summed E-state index contributed by atoms with van der Waals surface area (Å²) in [5, 5.41) is 2.83. The van der Waals surface area contributed by atoms with Crippen LogP contribution in [-0.2, 0) is 9.59 Å². The van der Waals surface area contributed by atoms with E-state index in [1.807, 2.05) is 0 Å². The number of nitrogens with zero attached hydrogens (tertiary/aromatic N) is 1. The average molecular weight is 285 g/mol. The van der Waals surface area contributed by atoms with Crippen molar-refractivity contribution < 1.29 is 14.0 Å². The van der Waals surface area contributed by atoms with E-state index in [0.717, 1.165) is 6.07 Å². The van der Waals surface area contributed by atoms with Crippen LogP contribution in [0.15, 0.2) is 18.2 Å². The van der Waals surface area contributed by atoms with Crippen molar-refractivity contribution in [2.45, 2.75) is 32.4 Å². The second kappa shape index (κ2) is 5.17. The number of carbonyl (C=O) groups excluding carboxylic acids is 2. The van der Waals surface area contributed by atoms with Crippen molar-refractivity contribution in [3.8, 4) is 0 Å². The molecule has 2 rings (SSSR count). The van der Waals surface area contributed by atoms with Crippen molar-refractivity contribution in [2.75, 3.05) is 4.90 Å². The maximum atomic E-state index is 14.0. The van der Waals surface area contributed by atoms with Crippen LogP contribution in [0.2, 0.25) is 5.02 Å². The highest BCUT2D eigenvalue weighted by Gasteiger charge is 2.39. The Balaban J connectivity index is 2.48. The first-order valence-electron chi connectivity index (χ1n) is 6.04. The van der Waals surface area contributed by atoms with Gasteiger partial charge in [0.05, 0.1) is 5.69 Å². The van der Waals surface area contributed by atoms with Crippen molar-refractivity contribution in [3.63, 3.8) is 0 Å². The van der Waals surface area contributed by atoms with Gasteiger partial charge in [-0.15, -0.1) is 0 Å². The molecule has 1 fully saturated rings. The number of benzene rings is 1. The fourth-order valence-electron chi connectivity index (χ4n) is 2.18. The summed E-state index contributed by atoms with van der Waals surface area (Å²) in [6.45, 7) is 3.35. The normalized spacial score (nSPS) is 23.5. The van der Waals surface area contributed by atoms with Crippen LogP contribution in [0.1, 0.15) is 20.3 Å². The van der Waals surface area contributed by atoms with Gasteiger partial charge in [-0.2, -0.15) is 0 Å². The molecule has 6 heteroatoms. The zero-order chi connectivity index (χ0) is 14.2. The molecule has 0 bridgehead atoms. The molecule has 1 aromatic carbocycles. The minimum Gasteiger partial charge on any atom is -0.343 e. The SMILES string of the molecule is CCC1C(=O)NC(C)C(=O)N1c1ccc(Cl)cc1F. The molecule has 0 aromatic heterocycles. The summed E-state index contributed by atoms with van der Waals surface area (Å²) in [6.07, 6.45) is 0.409. The molecule has 0 saturated carbocycles. The average Bonchev–Trinajstić information content (AvgIpc) is 2.34. The Hall–Kier alpha value is -1.62. The Labute approximate surface area is 115 Å². The molecule has 2 amide bonds. The van der Waals surface area contributed by atoms with Gasteiger partial charge < -0.3 is 5.32 Å². The largest absolute Gasteiger partial charge is 0.343 e. The lowest BCUT2D eigenvalue weighted by molar-refractivity contribution is -0.133. The van der Waals surface area contributed by atoms with Crippen LogP contribution < -0.4 is 10.2 Å². The van der Waals surface area contributed by atoms with Gasteiger partial charge in [0, 0.05) is 5.02 Å². The number of piperazine rings is 1. The first kappa shape index (κ1) is 13.8. The third-order valence-electron chi connectivity index (χ3n) is 3.14. The first-order chi connectivity index (χ1) is 8.95. The number of amides is 2. The summed E-state index contributed by atoms with van der Waals surface area (Å²) in [4.78, 5) is 25.3. The van der Waals surface area contributed by atoms with Gasteiger partial charge in [-0.05, 0) is 31.5 Å². The van der Waals surface area contributed by atoms with Crippen molar-refractivity contribution in [2.24, 2.45) is 0 Å². The topological polar surface area (TPSA) is 49.4 Å². The van der Waals surface area contributed by atoms with Gasteiger partial charge in [-0.3, -0.25) is 14.5 Å². The van der Waals surface area contributed by atoms with Crippen LogP contribution in [0.4, 0.5) is 10.1 Å². The van der Waals surface area contributed by atoms with Crippen LogP contribution in [0.5, 0.6) is 0 Å². The third-order valence-corrected chi connectivity index (χ3v) is 3.37. The van der Waals surface area contributed by atoms with E-state index in [1.165, 1.54) is 17.0 Å². The van der Waals surface area contributed by atoms with Crippen molar-refractivity contribution in [1.82, 2.24) is 5.32 Å². The van der Waals surface area contributed by atoms with E-state index < -0.39 is 17.9 Å². The molecule has 4 nitrogen and oxygen atoms in total. The second-order valence-electron chi connectivity index (χ2n) is 4.46. The van der Waals surface area contributed by atoms with Gasteiger partial charge in [0.2, 0.25) is 11.8 Å². The highest BCUT2D eigenvalue weighted by Crippen LogP contribution is 2.27. The number of carbonyl (C=O) groups is 2. The highest BCUT2D eigenvalue weighted by molar-refractivity contribution is 6.30. The van der Waals surface area contributed by atoms with E-state index in [2.05, 4.69) is 5.32 Å². The summed E-state index contributed by atoms with van der Waals surface area (Å²) in [5.74, 6) is -1.21. The maximum Gasteiger partial charge on any atom is 0.250 e. The van der Waals surface area contributed by atoms with Gasteiger partial charge in [0.25, 0.3) is 0 Å². The van der Waals surface area contributed by atoms with Crippen LogP contribution in [-0.4, -0.2) is 23.9 Å². The summed E-state index contributed by atoms with van der Waals surface area (Å²) in [6, 6.07) is 2.69. The second-order valence-corrected chi connectivity index (χ2v) is 4.89. The van der Waals surface area contributed by atoms with Gasteiger partial charge in [0.1, 0.15) is 17.9 Å². The minimum atomic E-state index is -0.695. The lowest BCUT2D eigenvalue weighted by Gasteiger charge is -2.37. The quantitative estimate of drug-likeness (QED) is 0.904. The monoisotopic (exact) mass is 284 g/mol. The number of hydrogen-bond acceptors (Lipinski definition) is 2. The first-order valence-corrected chi connectivity index (χ1v) is 6.42. The van der Waals surface area contributed by atoms with Crippen LogP contribution >= 0.6 is 11.6 Å². The Kier molecular flexibility index (Phi) is 3.75. The lowest BCUT2D eigenvalue weighted by Crippen LogP contribution is -2.62. The third kappa shape index (κ3) is 2.42. The number of nitrogens with one attached hydrogen (secondary N) is 1. The predicted octanol–water partition coefficient (Wildman–Crippen LogP) is 2.11. The van der Waals surface area contributed by atoms with E-state index in [9.17, 15) is 14.0 Å². The molecule has 102 valence electrons. The summed E-state index contributed by atoms with van der Waals surface area (Å²) in [7, 11) is 0. The van der Waals surface area contributed by atoms with Crippen molar-refractivity contribution in [1.29, 1.82) is 0 Å². The Bertz CT molecular complexity index is 535. The summed E-state index contributed by atoms with van der Waals surface area (Å²) >= 11 is 5.70. The van der Waals surface area contributed by atoms with E-state index in [1.54, 1.807) is 13.8 Å². The molecular formula is C13H14ClFN2O2. The number of rotatable bonds is 2. The fourth-order valence-corrected chi connectivity index (χ4v) is 2.34. The molecule has 0 aliphatic carbocycles. The van der Waals surface area contributed by atoms with E-state index in [0.29, 0.717) is 6.42 Å². The molecule has 1 aliphatic rings. The van der Waals surface area contributed by atoms with Crippen LogP contribution in [0.25, 0.3) is 0 Å². The zero-order valence-electron chi connectivity index (χ0n) is 10.6. The van der Waals surface area contributed by atoms with Gasteiger partial charge >= 0.3 is 0 Å². The number of anilines is 1. The number of hydrogen-bond donors (Lipinski definition) is 1. The van der Waals surface area contributed by atoms with Crippen molar-refractivity contribution in [3.05, 3.63) is 29.0 Å². The summed E-state index contributed by atoms with van der Waals surface area (Å²) in [5.41, 5.74) is 0.0861. The fraction of sp³-hybridized carbons (Fsp3) is 0.385. The molecule has 1 heterocycles. The molecule has 1 aliphatic heterocycles. The van der Waals surface area contributed by atoms with E-state index in [4.69, 9.17) is 11.6 Å². The smallest absolute Gasteiger partial charge is 0.250 e. The Morgan fingerprint density at radius 2 is 2.11 bits per heavy atom. The van der Waals surface area contributed by atoms with Crippen LogP contribution in [0.3, 0.4) is 0 Å². The highest BCUT2D eigenvalue weighted by atomic mass is 35.5. The molecule has 1 aromatic rings. The van der Waals surface area contributed by atoms with E-state index in [-0.39, 0.29) is 22.5 Å². The molecule has 2 unspecified atom stereocenters. The minimum absolute atomic E-state index is 0.0861. The molecule has 1 saturated heterocycles. The molecular weight excluding hydrogens is 271 g/mol. The molecule has 1 N–H and O–H groups in total. The standard InChI is InChI=1S/C13H14ClFN2O2/c1-3-10-12(18)16-7(2)13(19)17(10)11-5-4-8(14)6-9(11)15/h4-7,10H,3H2,1-2H3,(H,16,18). The lowest BCUT2D eigenvalue weighted by atomic mass is 10.0. The number of halogens is 2. The van der Waals surface area contributed by atoms with Gasteiger partial charge in [-0.25, -0.2) is 4.39 Å². The summed E-state index contributed by atoms with van der Waals surface area (Å²) < 4.78 is 14.0. The molecule has 19 heavy (non-hydrogen) atoms. The predicted molar refractivity (Wildman–Crippen MR) is 70.6 cm³/mol. The van der Waals surface area contributed by atoms with Gasteiger partial charge in [0.15, 0.2) is 0 Å². The molecule has 0 radical (unpaired) electrons. The van der Waals surface area contributed by atoms with E-state index >= 15 is 0 Å².